The minimum atomic E-state index is -0.317. The molecule has 6 heteroatoms. The Morgan fingerprint density at radius 1 is 1.41 bits per heavy atom. The van der Waals surface area contributed by atoms with Gasteiger partial charge < -0.3 is 20.1 Å². The number of nitrogens with one attached hydrogen (secondary N) is 1. The summed E-state index contributed by atoms with van der Waals surface area (Å²) in [5.74, 6) is 0.318. The van der Waals surface area contributed by atoms with E-state index < -0.39 is 0 Å². The Labute approximate surface area is 130 Å². The fourth-order valence-corrected chi connectivity index (χ4v) is 2.88. The highest BCUT2D eigenvalue weighted by atomic mass is 16.5. The lowest BCUT2D eigenvalue weighted by Gasteiger charge is -2.38. The van der Waals surface area contributed by atoms with Crippen LogP contribution in [-0.4, -0.2) is 49.1 Å². The van der Waals surface area contributed by atoms with E-state index in [0.29, 0.717) is 12.8 Å². The van der Waals surface area contributed by atoms with Gasteiger partial charge in [0.1, 0.15) is 5.75 Å². The predicted octanol–water partition coefficient (Wildman–Crippen LogP) is 0.713. The Hall–Kier alpha value is -2.08. The Kier molecular flexibility index (Phi) is 5.38. The molecule has 0 saturated carbocycles. The Bertz CT molecular complexity index is 529. The van der Waals surface area contributed by atoms with Crippen molar-refractivity contribution in [1.82, 2.24) is 10.2 Å². The maximum absolute atomic E-state index is 12.3. The first-order chi connectivity index (χ1) is 10.6. The van der Waals surface area contributed by atoms with Gasteiger partial charge in [0.25, 0.3) is 0 Å². The van der Waals surface area contributed by atoms with Crippen LogP contribution < -0.4 is 10.1 Å². The molecule has 120 valence electrons. The third kappa shape index (κ3) is 3.39. The zero-order valence-electron chi connectivity index (χ0n) is 12.9. The SMILES string of the molecule is COc1ccc([C@H]2[C@@H](C(=O)NCCO)CCC(=O)N2C)cc1. The lowest BCUT2D eigenvalue weighted by atomic mass is 9.84. The minimum Gasteiger partial charge on any atom is -0.497 e. The summed E-state index contributed by atoms with van der Waals surface area (Å²) in [5.41, 5.74) is 0.903. The summed E-state index contributed by atoms with van der Waals surface area (Å²) in [4.78, 5) is 26.0. The van der Waals surface area contributed by atoms with Gasteiger partial charge in [0, 0.05) is 20.0 Å². The molecule has 2 atom stereocenters. The quantitative estimate of drug-likeness (QED) is 0.840. The fourth-order valence-electron chi connectivity index (χ4n) is 2.88. The fraction of sp³-hybridized carbons (Fsp3) is 0.500. The molecule has 0 spiro atoms. The highest BCUT2D eigenvalue weighted by Crippen LogP contribution is 2.36. The average molecular weight is 306 g/mol. The minimum absolute atomic E-state index is 0.0343. The number of nitrogens with zero attached hydrogens (tertiary/aromatic N) is 1. The average Bonchev–Trinajstić information content (AvgIpc) is 2.55. The molecule has 1 aromatic carbocycles. The number of aliphatic hydroxyl groups is 1. The Balaban J connectivity index is 2.26. The number of likely N-dealkylation sites (tertiary alicyclic amines) is 1. The lowest BCUT2D eigenvalue weighted by Crippen LogP contribution is -2.46. The van der Waals surface area contributed by atoms with Gasteiger partial charge in [0.15, 0.2) is 0 Å². The molecular formula is C16H22N2O4. The van der Waals surface area contributed by atoms with E-state index in [1.54, 1.807) is 19.1 Å². The van der Waals surface area contributed by atoms with Crippen LogP contribution in [-0.2, 0) is 9.59 Å². The third-order valence-corrected chi connectivity index (χ3v) is 4.07. The largest absolute Gasteiger partial charge is 0.497 e. The number of hydrogen-bond donors (Lipinski definition) is 2. The molecule has 0 unspecified atom stereocenters. The molecule has 1 aliphatic heterocycles. The molecule has 2 N–H and O–H groups in total. The highest BCUT2D eigenvalue weighted by molar-refractivity contribution is 5.84. The van der Waals surface area contributed by atoms with Crippen molar-refractivity contribution in [2.75, 3.05) is 27.3 Å². The molecule has 2 amide bonds. The van der Waals surface area contributed by atoms with Gasteiger partial charge >= 0.3 is 0 Å². The summed E-state index contributed by atoms with van der Waals surface area (Å²) in [7, 11) is 3.32. The van der Waals surface area contributed by atoms with Gasteiger partial charge in [-0.15, -0.1) is 0 Å². The van der Waals surface area contributed by atoms with Crippen LogP contribution in [0.25, 0.3) is 0 Å². The maximum Gasteiger partial charge on any atom is 0.225 e. The van der Waals surface area contributed by atoms with E-state index in [4.69, 9.17) is 9.84 Å². The van der Waals surface area contributed by atoms with Crippen molar-refractivity contribution in [3.8, 4) is 5.75 Å². The zero-order chi connectivity index (χ0) is 16.1. The first-order valence-electron chi connectivity index (χ1n) is 7.36. The molecule has 1 aromatic rings. The van der Waals surface area contributed by atoms with Crippen LogP contribution in [0, 0.1) is 5.92 Å². The molecule has 1 saturated heterocycles. The lowest BCUT2D eigenvalue weighted by molar-refractivity contribution is -0.141. The monoisotopic (exact) mass is 306 g/mol. The van der Waals surface area contributed by atoms with E-state index in [9.17, 15) is 9.59 Å². The van der Waals surface area contributed by atoms with E-state index in [1.165, 1.54) is 0 Å². The number of hydrogen-bond acceptors (Lipinski definition) is 4. The molecule has 1 fully saturated rings. The third-order valence-electron chi connectivity index (χ3n) is 4.07. The predicted molar refractivity (Wildman–Crippen MR) is 81.3 cm³/mol. The number of rotatable bonds is 5. The molecule has 0 bridgehead atoms. The molecule has 0 radical (unpaired) electrons. The van der Waals surface area contributed by atoms with Crippen molar-refractivity contribution in [2.24, 2.45) is 5.92 Å². The summed E-state index contributed by atoms with van der Waals surface area (Å²) in [6.45, 7) is 0.128. The second-order valence-electron chi connectivity index (χ2n) is 5.38. The van der Waals surface area contributed by atoms with E-state index in [-0.39, 0.29) is 36.9 Å². The molecule has 1 heterocycles. The van der Waals surface area contributed by atoms with E-state index in [0.717, 1.165) is 11.3 Å². The van der Waals surface area contributed by atoms with E-state index in [2.05, 4.69) is 5.32 Å². The van der Waals surface area contributed by atoms with Gasteiger partial charge in [-0.1, -0.05) is 12.1 Å². The van der Waals surface area contributed by atoms with Crippen molar-refractivity contribution in [3.05, 3.63) is 29.8 Å². The number of ether oxygens (including phenoxy) is 1. The van der Waals surface area contributed by atoms with Crippen molar-refractivity contribution in [3.63, 3.8) is 0 Å². The van der Waals surface area contributed by atoms with Crippen LogP contribution in [0.15, 0.2) is 24.3 Å². The van der Waals surface area contributed by atoms with Crippen LogP contribution in [0.4, 0.5) is 0 Å². The summed E-state index contributed by atoms with van der Waals surface area (Å²) >= 11 is 0. The molecule has 0 aromatic heterocycles. The first-order valence-corrected chi connectivity index (χ1v) is 7.36. The highest BCUT2D eigenvalue weighted by Gasteiger charge is 2.38. The normalized spacial score (nSPS) is 21.6. The van der Waals surface area contributed by atoms with Gasteiger partial charge in [-0.05, 0) is 24.1 Å². The second-order valence-corrected chi connectivity index (χ2v) is 5.38. The van der Waals surface area contributed by atoms with Crippen LogP contribution in [0.2, 0.25) is 0 Å². The zero-order valence-corrected chi connectivity index (χ0v) is 12.9. The number of methoxy groups -OCH3 is 1. The second kappa shape index (κ2) is 7.26. The summed E-state index contributed by atoms with van der Waals surface area (Å²) in [6.07, 6.45) is 0.873. The van der Waals surface area contributed by atoms with Crippen molar-refractivity contribution in [2.45, 2.75) is 18.9 Å². The number of aliphatic hydroxyl groups excluding tert-OH is 1. The van der Waals surface area contributed by atoms with Crippen LogP contribution >= 0.6 is 0 Å². The van der Waals surface area contributed by atoms with Gasteiger partial charge in [0.05, 0.1) is 25.7 Å². The van der Waals surface area contributed by atoms with E-state index in [1.807, 2.05) is 24.3 Å². The molecule has 2 rings (SSSR count). The number of benzene rings is 1. The van der Waals surface area contributed by atoms with Gasteiger partial charge in [-0.25, -0.2) is 0 Å². The van der Waals surface area contributed by atoms with Gasteiger partial charge in [-0.3, -0.25) is 9.59 Å². The smallest absolute Gasteiger partial charge is 0.225 e. The topological polar surface area (TPSA) is 78.9 Å². The van der Waals surface area contributed by atoms with Crippen molar-refractivity contribution < 1.29 is 19.4 Å². The number of piperidine rings is 1. The molecule has 0 aliphatic carbocycles. The molecule has 6 nitrogen and oxygen atoms in total. The summed E-state index contributed by atoms with van der Waals surface area (Å²) < 4.78 is 5.14. The number of carbonyl (C=O) groups excluding carboxylic acids is 2. The van der Waals surface area contributed by atoms with Crippen LogP contribution in [0.1, 0.15) is 24.4 Å². The standard InChI is InChI=1S/C16H22N2O4/c1-18-14(20)8-7-13(16(21)17-9-10-19)15(18)11-3-5-12(22-2)6-4-11/h3-6,13,15,19H,7-10H2,1-2H3,(H,17,21)/t13-,15-/m0/s1. The summed E-state index contributed by atoms with van der Waals surface area (Å²) in [5, 5.41) is 11.6. The van der Waals surface area contributed by atoms with Crippen LogP contribution in [0.3, 0.4) is 0 Å². The molecule has 1 aliphatic rings. The molecular weight excluding hydrogens is 284 g/mol. The van der Waals surface area contributed by atoms with E-state index >= 15 is 0 Å². The van der Waals surface area contributed by atoms with Gasteiger partial charge in [-0.2, -0.15) is 0 Å². The molecule has 22 heavy (non-hydrogen) atoms. The van der Waals surface area contributed by atoms with Crippen molar-refractivity contribution >= 4 is 11.8 Å². The maximum atomic E-state index is 12.3. The Morgan fingerprint density at radius 2 is 2.09 bits per heavy atom. The van der Waals surface area contributed by atoms with Crippen LogP contribution in [0.5, 0.6) is 5.75 Å². The Morgan fingerprint density at radius 3 is 2.68 bits per heavy atom. The summed E-state index contributed by atoms with van der Waals surface area (Å²) in [6, 6.07) is 7.11. The first kappa shape index (κ1) is 16.3. The number of carbonyl (C=O) groups is 2. The van der Waals surface area contributed by atoms with Crippen molar-refractivity contribution in [1.29, 1.82) is 0 Å². The number of amides is 2. The van der Waals surface area contributed by atoms with Gasteiger partial charge in [0.2, 0.25) is 11.8 Å².